The molecule has 0 spiro atoms. The fraction of sp³-hybridized carbons (Fsp3) is 0.526. The highest BCUT2D eigenvalue weighted by Gasteiger charge is 2.63. The number of fused-ring (bicyclic) bond motifs is 2. The molecule has 0 amide bonds. The lowest BCUT2D eigenvalue weighted by atomic mass is 9.70. The van der Waals surface area contributed by atoms with Crippen molar-refractivity contribution in [3.8, 4) is 0 Å². The van der Waals surface area contributed by atoms with Gasteiger partial charge in [0.25, 0.3) is 0 Å². The van der Waals surface area contributed by atoms with Crippen molar-refractivity contribution in [1.29, 1.82) is 0 Å². The monoisotopic (exact) mass is 316 g/mol. The fourth-order valence-electron chi connectivity index (χ4n) is 4.22. The summed E-state index contributed by atoms with van der Waals surface area (Å²) in [5.41, 5.74) is 3.03. The van der Waals surface area contributed by atoms with Crippen LogP contribution in [-0.4, -0.2) is 16.2 Å². The Labute approximate surface area is 135 Å². The van der Waals surface area contributed by atoms with Crippen LogP contribution < -0.4 is 0 Å². The number of benzene rings is 1. The molecule has 0 radical (unpaired) electrons. The third-order valence-electron chi connectivity index (χ3n) is 6.04. The molecule has 2 aliphatic rings. The number of Topliss-reactive ketones (excluding diaryl/α,β-unsaturated/α-hetero) is 1. The van der Waals surface area contributed by atoms with Gasteiger partial charge in [0.2, 0.25) is 0 Å². The Bertz CT molecular complexity index is 669. The summed E-state index contributed by atoms with van der Waals surface area (Å²) in [6, 6.07) is 8.09. The second-order valence-corrected chi connectivity index (χ2v) is 8.97. The molecule has 1 aromatic rings. The largest absolute Gasteiger partial charge is 0.294 e. The minimum atomic E-state index is -0.820. The molecule has 2 aliphatic carbocycles. The molecule has 22 heavy (non-hydrogen) atoms. The maximum atomic E-state index is 12.8. The standard InChI is InChI=1S/C19H24O2S/c1-18(2)16-9-10-19(18,3)17(20)15(16)11-13-5-7-14(8-6-13)12-22(4)21/h5-8,11,16H,9-10,12H2,1-4H3/b15-11-. The average Bonchev–Trinajstić information content (AvgIpc) is 2.75. The Morgan fingerprint density at radius 2 is 1.86 bits per heavy atom. The molecule has 3 heteroatoms. The molecule has 2 bridgehead atoms. The quantitative estimate of drug-likeness (QED) is 0.791. The first-order chi connectivity index (χ1) is 10.3. The van der Waals surface area contributed by atoms with E-state index >= 15 is 0 Å². The van der Waals surface area contributed by atoms with Crippen LogP contribution in [0.2, 0.25) is 0 Å². The fourth-order valence-corrected chi connectivity index (χ4v) is 4.88. The van der Waals surface area contributed by atoms with Gasteiger partial charge < -0.3 is 0 Å². The second-order valence-electron chi connectivity index (χ2n) is 7.53. The minimum Gasteiger partial charge on any atom is -0.294 e. The van der Waals surface area contributed by atoms with E-state index in [-0.39, 0.29) is 10.8 Å². The van der Waals surface area contributed by atoms with E-state index in [1.54, 1.807) is 6.26 Å². The Hall–Kier alpha value is -1.22. The number of carbonyl (C=O) groups excluding carboxylic acids is 1. The van der Waals surface area contributed by atoms with Crippen molar-refractivity contribution < 1.29 is 9.00 Å². The molecule has 2 saturated carbocycles. The summed E-state index contributed by atoms with van der Waals surface area (Å²) in [7, 11) is -0.820. The van der Waals surface area contributed by atoms with E-state index < -0.39 is 10.8 Å². The maximum Gasteiger partial charge on any atom is 0.165 e. The Morgan fingerprint density at radius 3 is 2.36 bits per heavy atom. The van der Waals surface area contributed by atoms with Gasteiger partial charge in [0.1, 0.15) is 0 Å². The summed E-state index contributed by atoms with van der Waals surface area (Å²) in [4.78, 5) is 12.8. The lowest BCUT2D eigenvalue weighted by Crippen LogP contribution is -2.32. The van der Waals surface area contributed by atoms with Crippen LogP contribution in [0.5, 0.6) is 0 Å². The SMILES string of the molecule is CS(=O)Cc1ccc(/C=C2\C(=O)C3(C)CCC2C3(C)C)cc1. The highest BCUT2D eigenvalue weighted by Crippen LogP contribution is 2.65. The molecule has 3 atom stereocenters. The first-order valence-corrected chi connectivity index (χ1v) is 9.64. The predicted molar refractivity (Wildman–Crippen MR) is 91.8 cm³/mol. The summed E-state index contributed by atoms with van der Waals surface area (Å²) < 4.78 is 11.3. The van der Waals surface area contributed by atoms with Gasteiger partial charge in [0.15, 0.2) is 5.78 Å². The van der Waals surface area contributed by atoms with Crippen LogP contribution in [0.25, 0.3) is 6.08 Å². The van der Waals surface area contributed by atoms with E-state index in [1.165, 1.54) is 0 Å². The second kappa shape index (κ2) is 5.16. The summed E-state index contributed by atoms with van der Waals surface area (Å²) in [5.74, 6) is 1.31. The highest BCUT2D eigenvalue weighted by atomic mass is 32.2. The lowest BCUT2D eigenvalue weighted by molar-refractivity contribution is -0.125. The normalized spacial score (nSPS) is 32.6. The first-order valence-electron chi connectivity index (χ1n) is 7.91. The smallest absolute Gasteiger partial charge is 0.165 e. The van der Waals surface area contributed by atoms with Crippen molar-refractivity contribution in [1.82, 2.24) is 0 Å². The number of allylic oxidation sites excluding steroid dienone is 1. The number of hydrogen-bond acceptors (Lipinski definition) is 2. The van der Waals surface area contributed by atoms with Gasteiger partial charge in [-0.15, -0.1) is 0 Å². The lowest BCUT2D eigenvalue weighted by Gasteiger charge is -2.31. The van der Waals surface area contributed by atoms with E-state index in [0.29, 0.717) is 17.5 Å². The van der Waals surface area contributed by atoms with Gasteiger partial charge in [0.05, 0.1) is 0 Å². The number of hydrogen-bond donors (Lipinski definition) is 0. The van der Waals surface area contributed by atoms with E-state index in [0.717, 1.165) is 29.5 Å². The maximum absolute atomic E-state index is 12.8. The number of carbonyl (C=O) groups is 1. The van der Waals surface area contributed by atoms with Crippen LogP contribution in [0.4, 0.5) is 0 Å². The first kappa shape index (κ1) is 15.7. The van der Waals surface area contributed by atoms with Crippen molar-refractivity contribution in [3.63, 3.8) is 0 Å². The highest BCUT2D eigenvalue weighted by molar-refractivity contribution is 7.83. The van der Waals surface area contributed by atoms with Crippen molar-refractivity contribution >= 4 is 22.7 Å². The van der Waals surface area contributed by atoms with Gasteiger partial charge in [-0.05, 0) is 47.0 Å². The van der Waals surface area contributed by atoms with Crippen LogP contribution in [0, 0.1) is 16.7 Å². The van der Waals surface area contributed by atoms with Gasteiger partial charge >= 0.3 is 0 Å². The zero-order valence-electron chi connectivity index (χ0n) is 13.8. The number of rotatable bonds is 3. The van der Waals surface area contributed by atoms with Gasteiger partial charge in [-0.2, -0.15) is 0 Å². The van der Waals surface area contributed by atoms with Crippen LogP contribution in [0.15, 0.2) is 29.8 Å². The van der Waals surface area contributed by atoms with Gasteiger partial charge in [-0.1, -0.05) is 45.0 Å². The number of ketones is 1. The van der Waals surface area contributed by atoms with E-state index in [9.17, 15) is 9.00 Å². The zero-order chi connectivity index (χ0) is 16.1. The summed E-state index contributed by atoms with van der Waals surface area (Å²) >= 11 is 0. The van der Waals surface area contributed by atoms with Crippen molar-refractivity contribution in [3.05, 3.63) is 41.0 Å². The summed E-state index contributed by atoms with van der Waals surface area (Å²) in [6.45, 7) is 6.61. The summed E-state index contributed by atoms with van der Waals surface area (Å²) in [5, 5.41) is 0. The molecule has 0 aromatic heterocycles. The van der Waals surface area contributed by atoms with Crippen LogP contribution in [-0.2, 0) is 21.3 Å². The molecule has 118 valence electrons. The molecule has 0 heterocycles. The molecule has 0 saturated heterocycles. The van der Waals surface area contributed by atoms with E-state index in [4.69, 9.17) is 0 Å². The van der Waals surface area contributed by atoms with Crippen LogP contribution in [0.3, 0.4) is 0 Å². The molecule has 2 nitrogen and oxygen atoms in total. The molecule has 1 aromatic carbocycles. The van der Waals surface area contributed by atoms with Gasteiger partial charge in [0, 0.05) is 28.2 Å². The van der Waals surface area contributed by atoms with Gasteiger partial charge in [-0.3, -0.25) is 9.00 Å². The molecular weight excluding hydrogens is 292 g/mol. The Kier molecular flexibility index (Phi) is 3.67. The van der Waals surface area contributed by atoms with Crippen molar-refractivity contribution in [2.45, 2.75) is 39.4 Å². The molecule has 0 aliphatic heterocycles. The van der Waals surface area contributed by atoms with E-state index in [1.807, 2.05) is 24.3 Å². The van der Waals surface area contributed by atoms with Crippen molar-refractivity contribution in [2.75, 3.05) is 6.26 Å². The van der Waals surface area contributed by atoms with Crippen LogP contribution in [0.1, 0.15) is 44.7 Å². The van der Waals surface area contributed by atoms with Crippen molar-refractivity contribution in [2.24, 2.45) is 16.7 Å². The third kappa shape index (κ3) is 2.21. The Morgan fingerprint density at radius 1 is 1.23 bits per heavy atom. The van der Waals surface area contributed by atoms with Gasteiger partial charge in [-0.25, -0.2) is 0 Å². The molecular formula is C19H24O2S. The average molecular weight is 316 g/mol. The minimum absolute atomic E-state index is 0.0645. The Balaban J connectivity index is 1.90. The third-order valence-corrected chi connectivity index (χ3v) is 6.78. The molecule has 0 N–H and O–H groups in total. The zero-order valence-corrected chi connectivity index (χ0v) is 14.6. The topological polar surface area (TPSA) is 34.1 Å². The molecule has 2 fully saturated rings. The molecule has 3 rings (SSSR count). The molecule has 3 unspecified atom stereocenters. The summed E-state index contributed by atoms with van der Waals surface area (Å²) in [6.07, 6.45) is 5.93. The van der Waals surface area contributed by atoms with E-state index in [2.05, 4.69) is 26.8 Å². The predicted octanol–water partition coefficient (Wildman–Crippen LogP) is 3.97. The van der Waals surface area contributed by atoms with Crippen LogP contribution >= 0.6 is 0 Å².